The Labute approximate surface area is 314 Å². The number of aliphatic hydroxyl groups is 1. The average molecular weight is 719 g/mol. The minimum atomic E-state index is -0.250. The van der Waals surface area contributed by atoms with E-state index in [1.165, 1.54) is 72.8 Å². The van der Waals surface area contributed by atoms with Crippen LogP contribution >= 0.6 is 24.2 Å². The van der Waals surface area contributed by atoms with E-state index in [0.717, 1.165) is 29.3 Å². The number of hydrogen-bond acceptors (Lipinski definition) is 4. The van der Waals surface area contributed by atoms with Crippen molar-refractivity contribution >= 4 is 35.8 Å². The summed E-state index contributed by atoms with van der Waals surface area (Å²) >= 11 is 10.1. The number of aliphatic imine (C=N–C) groups is 1. The molecule has 0 aliphatic heterocycles. The van der Waals surface area contributed by atoms with E-state index in [1.807, 2.05) is 13.8 Å². The number of aliphatic hydroxyl groups excluding tert-OH is 1. The monoisotopic (exact) mass is 718 g/mol. The number of unbranched alkanes of at least 4 members (excludes halogenated alkanes) is 1. The first-order chi connectivity index (χ1) is 23.1. The Morgan fingerprint density at radius 1 is 0.898 bits per heavy atom. The highest BCUT2D eigenvalue weighted by Crippen LogP contribution is 2.33. The van der Waals surface area contributed by atoms with E-state index in [-0.39, 0.29) is 6.73 Å². The lowest BCUT2D eigenvalue weighted by Gasteiger charge is -2.23. The first-order valence-corrected chi connectivity index (χ1v) is 19.6. The van der Waals surface area contributed by atoms with Gasteiger partial charge in [0.2, 0.25) is 0 Å². The molecule has 0 aromatic heterocycles. The summed E-state index contributed by atoms with van der Waals surface area (Å²) in [7, 11) is 0. The van der Waals surface area contributed by atoms with E-state index in [1.54, 1.807) is 6.20 Å². The van der Waals surface area contributed by atoms with Crippen molar-refractivity contribution in [2.45, 2.75) is 153 Å². The van der Waals surface area contributed by atoms with Gasteiger partial charge in [-0.25, -0.2) is 4.99 Å². The highest BCUT2D eigenvalue weighted by molar-refractivity contribution is 7.80. The van der Waals surface area contributed by atoms with Crippen molar-refractivity contribution in [3.8, 4) is 0 Å². The summed E-state index contributed by atoms with van der Waals surface area (Å²) in [6.07, 6.45) is 11.5. The molecule has 0 spiro atoms. The number of amidine groups is 1. The molecule has 0 saturated carbocycles. The lowest BCUT2D eigenvalue weighted by molar-refractivity contribution is 0.307. The van der Waals surface area contributed by atoms with Crippen LogP contribution in [-0.4, -0.2) is 23.4 Å². The molecule has 2 aromatic rings. The van der Waals surface area contributed by atoms with Gasteiger partial charge in [0.25, 0.3) is 0 Å². The van der Waals surface area contributed by atoms with Crippen LogP contribution in [0.5, 0.6) is 0 Å². The van der Waals surface area contributed by atoms with Crippen LogP contribution in [0.25, 0.3) is 0 Å². The van der Waals surface area contributed by atoms with Crippen LogP contribution < -0.4 is 11.1 Å². The van der Waals surface area contributed by atoms with Crippen molar-refractivity contribution in [2.75, 3.05) is 17.8 Å². The zero-order valence-corrected chi connectivity index (χ0v) is 35.5. The second-order valence-corrected chi connectivity index (χ2v) is 14.1. The first kappa shape index (κ1) is 51.3. The van der Waals surface area contributed by atoms with Crippen molar-refractivity contribution < 1.29 is 5.11 Å². The van der Waals surface area contributed by atoms with Crippen LogP contribution in [-0.2, 0) is 6.42 Å². The lowest BCUT2D eigenvalue weighted by atomic mass is 9.85. The Bertz CT molecular complexity index is 1160. The topological polar surface area (TPSA) is 70.6 Å². The van der Waals surface area contributed by atoms with Gasteiger partial charge in [0.15, 0.2) is 0 Å². The van der Waals surface area contributed by atoms with E-state index in [0.29, 0.717) is 22.8 Å². The minimum absolute atomic E-state index is 0.250. The van der Waals surface area contributed by atoms with E-state index < -0.39 is 0 Å². The van der Waals surface area contributed by atoms with Gasteiger partial charge in [-0.1, -0.05) is 137 Å². The minimum Gasteiger partial charge on any atom is -0.382 e. The van der Waals surface area contributed by atoms with E-state index in [2.05, 4.69) is 148 Å². The first-order valence-electron chi connectivity index (χ1n) is 18.6. The molecule has 49 heavy (non-hydrogen) atoms. The standard InChI is InChI=1S/C25H39ClN2.C10H14.C4H10.C3H8S.CH5NO/c1-9-11-21(12-10-2)23-15-22(13-17(3)4)25(14-19(23)7)28-20(8)27-16-24(26)18(5)6;1-8(2)10-7-5-4-6-9(10)3;1-3-4-2;1-2-3-4;2-1-3/h14-17,21H,5,9-13H2,1-4,6-8H3,(H,27,28);4-8H,1-3H3;3-4H2,1-2H3;4H,2-3H2,1H3;3H,1-2H2/b24-16+;;;;. The molecule has 0 aliphatic carbocycles. The van der Waals surface area contributed by atoms with E-state index in [4.69, 9.17) is 16.7 Å². The van der Waals surface area contributed by atoms with Gasteiger partial charge < -0.3 is 16.2 Å². The number of nitrogens with one attached hydrogen (secondary N) is 1. The quantitative estimate of drug-likeness (QED) is 0.0548. The molecule has 4 nitrogen and oxygen atoms in total. The largest absolute Gasteiger partial charge is 0.382 e. The third-order valence-corrected chi connectivity index (χ3v) is 8.33. The summed E-state index contributed by atoms with van der Waals surface area (Å²) < 4.78 is 0. The molecular formula is C43H76ClN3OS. The van der Waals surface area contributed by atoms with Crippen LogP contribution in [0.3, 0.4) is 0 Å². The zero-order valence-electron chi connectivity index (χ0n) is 33.8. The van der Waals surface area contributed by atoms with Crippen molar-refractivity contribution in [3.63, 3.8) is 0 Å². The molecule has 0 saturated heterocycles. The molecule has 0 atom stereocenters. The molecular weight excluding hydrogens is 642 g/mol. The Kier molecular flexibility index (Phi) is 34.7. The second kappa shape index (κ2) is 33.1. The molecule has 0 fully saturated rings. The van der Waals surface area contributed by atoms with Gasteiger partial charge >= 0.3 is 0 Å². The number of anilines is 1. The fourth-order valence-corrected chi connectivity index (χ4v) is 4.86. The third-order valence-electron chi connectivity index (χ3n) is 7.46. The summed E-state index contributed by atoms with van der Waals surface area (Å²) in [5, 5.41) is 11.4. The van der Waals surface area contributed by atoms with E-state index >= 15 is 0 Å². The Hall–Kier alpha value is -2.05. The predicted octanol–water partition coefficient (Wildman–Crippen LogP) is 13.5. The smallest absolute Gasteiger partial charge is 0.103 e. The molecule has 0 bridgehead atoms. The van der Waals surface area contributed by atoms with Crippen molar-refractivity contribution in [1.82, 2.24) is 0 Å². The number of rotatable bonds is 13. The molecule has 4 N–H and O–H groups in total. The summed E-state index contributed by atoms with van der Waals surface area (Å²) in [5.74, 6) is 3.75. The molecule has 0 heterocycles. The average Bonchev–Trinajstić information content (AvgIpc) is 3.05. The number of allylic oxidation sites excluding steroid dienone is 2. The maximum Gasteiger partial charge on any atom is 0.103 e. The fourth-order valence-electron chi connectivity index (χ4n) is 4.81. The van der Waals surface area contributed by atoms with Crippen LogP contribution in [0.1, 0.15) is 161 Å². The number of benzene rings is 2. The van der Waals surface area contributed by atoms with Gasteiger partial charge in [0.05, 0.1) is 11.8 Å². The van der Waals surface area contributed by atoms with Crippen LogP contribution in [0, 0.1) is 19.8 Å². The number of nitrogens with two attached hydrogens (primary N) is 1. The lowest BCUT2D eigenvalue weighted by Crippen LogP contribution is -2.12. The number of hydrogen-bond donors (Lipinski definition) is 4. The molecule has 282 valence electrons. The van der Waals surface area contributed by atoms with Crippen molar-refractivity contribution in [2.24, 2.45) is 16.6 Å². The molecule has 0 unspecified atom stereocenters. The fraction of sp³-hybridized carbons (Fsp3) is 0.605. The normalized spacial score (nSPS) is 11.0. The summed E-state index contributed by atoms with van der Waals surface area (Å²) in [4.78, 5) is 4.46. The molecule has 2 rings (SSSR count). The van der Waals surface area contributed by atoms with E-state index in [9.17, 15) is 0 Å². The Balaban J connectivity index is -0.000000813. The maximum atomic E-state index is 7.35. The van der Waals surface area contributed by atoms with Gasteiger partial charge in [0.1, 0.15) is 5.84 Å². The van der Waals surface area contributed by atoms with Gasteiger partial charge in [-0.05, 0) is 116 Å². The number of aryl methyl sites for hydroxylation is 2. The molecule has 6 heteroatoms. The van der Waals surface area contributed by atoms with Gasteiger partial charge in [-0.2, -0.15) is 12.6 Å². The molecule has 0 radical (unpaired) electrons. The molecule has 0 aliphatic rings. The summed E-state index contributed by atoms with van der Waals surface area (Å²) in [5.41, 5.74) is 13.5. The van der Waals surface area contributed by atoms with Gasteiger partial charge in [-0.15, -0.1) is 0 Å². The number of nitrogens with zero attached hydrogens (tertiary/aromatic N) is 1. The van der Waals surface area contributed by atoms with Crippen LogP contribution in [0.4, 0.5) is 5.69 Å². The Morgan fingerprint density at radius 2 is 1.41 bits per heavy atom. The number of halogens is 1. The molecule has 2 aromatic carbocycles. The summed E-state index contributed by atoms with van der Waals surface area (Å²) in [6.45, 7) is 31.9. The van der Waals surface area contributed by atoms with Crippen molar-refractivity contribution in [3.05, 3.63) is 87.6 Å². The predicted molar refractivity (Wildman–Crippen MR) is 229 cm³/mol. The highest BCUT2D eigenvalue weighted by atomic mass is 35.5. The van der Waals surface area contributed by atoms with Gasteiger partial charge in [0, 0.05) is 11.9 Å². The molecule has 0 amide bonds. The second-order valence-electron chi connectivity index (χ2n) is 13.3. The van der Waals surface area contributed by atoms with Crippen LogP contribution in [0.15, 0.2) is 64.8 Å². The highest BCUT2D eigenvalue weighted by Gasteiger charge is 2.16. The third kappa shape index (κ3) is 26.4. The number of thiol groups is 1. The SMILES string of the molecule is C=C(C)/C(Cl)=C\N=C(C)Nc1cc(C)c(C(CCC)CCC)cc1CC(C)C.CCCC.CCCS.Cc1ccccc1C(C)C.NCO. The zero-order chi connectivity index (χ0) is 38.4. The van der Waals surface area contributed by atoms with Crippen molar-refractivity contribution in [1.29, 1.82) is 0 Å². The van der Waals surface area contributed by atoms with Crippen LogP contribution in [0.2, 0.25) is 0 Å². The maximum absolute atomic E-state index is 7.35. The summed E-state index contributed by atoms with van der Waals surface area (Å²) in [6, 6.07) is 13.3. The Morgan fingerprint density at radius 3 is 1.78 bits per heavy atom. The van der Waals surface area contributed by atoms with Gasteiger partial charge in [-0.3, -0.25) is 0 Å².